The number of amides is 2. The first kappa shape index (κ1) is 27.9. The molecule has 6 nitrogen and oxygen atoms in total. The van der Waals surface area contributed by atoms with Gasteiger partial charge in [0.1, 0.15) is 5.82 Å². The molecule has 2 aromatic carbocycles. The Kier molecular flexibility index (Phi) is 10.1. The average Bonchev–Trinajstić information content (AvgIpc) is 2.90. The smallest absolute Gasteiger partial charge is 0.254 e. The van der Waals surface area contributed by atoms with Crippen molar-refractivity contribution < 1.29 is 14.0 Å². The fraction of sp³-hybridized carbons (Fsp3) is 0.292. The van der Waals surface area contributed by atoms with Gasteiger partial charge in [-0.05, 0) is 30.7 Å². The van der Waals surface area contributed by atoms with E-state index in [1.54, 1.807) is 0 Å². The molecule has 0 fully saturated rings. The lowest BCUT2D eigenvalue weighted by molar-refractivity contribution is -0.119. The molecule has 0 unspecified atom stereocenters. The number of nitrogens with one attached hydrogen (secondary N) is 1. The minimum absolute atomic E-state index is 0. The van der Waals surface area contributed by atoms with Crippen molar-refractivity contribution in [3.05, 3.63) is 65.6 Å². The Morgan fingerprint density at radius 1 is 1.24 bits per heavy atom. The van der Waals surface area contributed by atoms with Crippen LogP contribution in [0.2, 0.25) is 0 Å². The van der Waals surface area contributed by atoms with Gasteiger partial charge in [-0.2, -0.15) is 0 Å². The van der Waals surface area contributed by atoms with Crippen molar-refractivity contribution >= 4 is 65.0 Å². The first-order valence-electron chi connectivity index (χ1n) is 10.6. The van der Waals surface area contributed by atoms with Crippen molar-refractivity contribution in [3.8, 4) is 0 Å². The van der Waals surface area contributed by atoms with Gasteiger partial charge >= 0.3 is 0 Å². The van der Waals surface area contributed by atoms with Gasteiger partial charge in [0.05, 0.1) is 35.0 Å². The second-order valence-corrected chi connectivity index (χ2v) is 8.81. The molecule has 34 heavy (non-hydrogen) atoms. The molecule has 4 rings (SSSR count). The molecule has 1 aliphatic rings. The fourth-order valence-electron chi connectivity index (χ4n) is 3.61. The fourth-order valence-corrected chi connectivity index (χ4v) is 4.61. The number of pyridine rings is 1. The lowest BCUT2D eigenvalue weighted by Gasteiger charge is -2.25. The Hall–Kier alpha value is -2.39. The van der Waals surface area contributed by atoms with E-state index in [-0.39, 0.29) is 42.8 Å². The summed E-state index contributed by atoms with van der Waals surface area (Å²) in [6.45, 7) is 2.66. The van der Waals surface area contributed by atoms with Crippen LogP contribution in [0.25, 0.3) is 10.9 Å². The minimum Gasteiger partial charge on any atom is -0.352 e. The number of rotatable bonds is 6. The zero-order valence-electron chi connectivity index (χ0n) is 18.6. The van der Waals surface area contributed by atoms with E-state index in [1.165, 1.54) is 28.8 Å². The highest BCUT2D eigenvalue weighted by Gasteiger charge is 2.31. The third kappa shape index (κ3) is 5.99. The summed E-state index contributed by atoms with van der Waals surface area (Å²) < 4.78 is 14.8. The van der Waals surface area contributed by atoms with Crippen LogP contribution in [0.15, 0.2) is 53.4 Å². The zero-order chi connectivity index (χ0) is 22.7. The largest absolute Gasteiger partial charge is 0.352 e. The summed E-state index contributed by atoms with van der Waals surface area (Å²) >= 11 is 1.31. The average molecular weight is 525 g/mol. The van der Waals surface area contributed by atoms with Crippen LogP contribution in [0.1, 0.15) is 35.8 Å². The number of aromatic nitrogens is 1. The van der Waals surface area contributed by atoms with Crippen LogP contribution in [0, 0.1) is 5.82 Å². The maximum Gasteiger partial charge on any atom is 0.254 e. The van der Waals surface area contributed by atoms with Crippen molar-refractivity contribution in [1.29, 1.82) is 0 Å². The summed E-state index contributed by atoms with van der Waals surface area (Å²) in [5, 5.41) is 3.74. The van der Waals surface area contributed by atoms with E-state index in [4.69, 9.17) is 5.73 Å². The summed E-state index contributed by atoms with van der Waals surface area (Å²) in [7, 11) is 0. The van der Waals surface area contributed by atoms with Gasteiger partial charge in [-0.15, -0.1) is 36.6 Å². The van der Waals surface area contributed by atoms with E-state index >= 15 is 0 Å². The van der Waals surface area contributed by atoms with Crippen LogP contribution >= 0.6 is 36.6 Å². The summed E-state index contributed by atoms with van der Waals surface area (Å²) in [5.74, 6) is -1.06. The van der Waals surface area contributed by atoms with Crippen LogP contribution in [0.5, 0.6) is 0 Å². The molecule has 0 spiro atoms. The van der Waals surface area contributed by atoms with Gasteiger partial charge < -0.3 is 16.0 Å². The molecule has 0 saturated heterocycles. The standard InChI is InChI=1S/C24H25FN4O2S.2ClH/c1-2-3-10-27-23(30)17-11-21-22(12-18(17)25)32-14-19(26)24(31)29(21)13-16-9-8-15-6-4-5-7-20(15)28-16;;/h4-9,11-12,19H,2-3,10,13-14,26H2,1H3,(H,27,30);2*1H/t19-;;/m0../s1. The molecule has 2 heterocycles. The number of nitrogens with two attached hydrogens (primary N) is 1. The highest BCUT2D eigenvalue weighted by molar-refractivity contribution is 7.99. The molecule has 10 heteroatoms. The van der Waals surface area contributed by atoms with Crippen LogP contribution in [-0.4, -0.2) is 35.1 Å². The van der Waals surface area contributed by atoms with Crippen molar-refractivity contribution in [2.45, 2.75) is 37.2 Å². The summed E-state index contributed by atoms with van der Waals surface area (Å²) in [6, 6.07) is 13.6. The molecular weight excluding hydrogens is 498 g/mol. The van der Waals surface area contributed by atoms with Crippen molar-refractivity contribution in [2.24, 2.45) is 5.73 Å². The molecule has 3 aromatic rings. The second kappa shape index (κ2) is 12.4. The Morgan fingerprint density at radius 2 is 2.00 bits per heavy atom. The molecule has 2 amide bonds. The molecule has 0 saturated carbocycles. The van der Waals surface area contributed by atoms with Crippen LogP contribution in [-0.2, 0) is 11.3 Å². The van der Waals surface area contributed by atoms with Crippen LogP contribution < -0.4 is 16.0 Å². The van der Waals surface area contributed by atoms with E-state index in [9.17, 15) is 14.0 Å². The van der Waals surface area contributed by atoms with Crippen molar-refractivity contribution in [2.75, 3.05) is 17.2 Å². The molecule has 0 radical (unpaired) electrons. The van der Waals surface area contributed by atoms with Gasteiger partial charge in [0.15, 0.2) is 0 Å². The number of carbonyl (C=O) groups excluding carboxylic acids is 2. The molecular formula is C24H27Cl2FN4O2S. The zero-order valence-corrected chi connectivity index (χ0v) is 21.1. The monoisotopic (exact) mass is 524 g/mol. The van der Waals surface area contributed by atoms with E-state index in [0.717, 1.165) is 23.7 Å². The maximum absolute atomic E-state index is 14.8. The molecule has 182 valence electrons. The first-order valence-corrected chi connectivity index (χ1v) is 11.6. The van der Waals surface area contributed by atoms with E-state index in [0.29, 0.717) is 28.6 Å². The number of halogens is 3. The van der Waals surface area contributed by atoms with E-state index < -0.39 is 17.8 Å². The lowest BCUT2D eigenvalue weighted by Crippen LogP contribution is -2.44. The van der Waals surface area contributed by atoms with Gasteiger partial charge in [-0.1, -0.05) is 37.6 Å². The topological polar surface area (TPSA) is 88.3 Å². The highest BCUT2D eigenvalue weighted by atomic mass is 35.5. The molecule has 1 atom stereocenters. The normalized spacial score (nSPS) is 15.1. The van der Waals surface area contributed by atoms with E-state index in [1.807, 2.05) is 43.3 Å². The molecule has 1 aromatic heterocycles. The second-order valence-electron chi connectivity index (χ2n) is 7.75. The number of hydrogen-bond acceptors (Lipinski definition) is 5. The number of unbranched alkanes of at least 4 members (excludes halogenated alkanes) is 1. The predicted molar refractivity (Wildman–Crippen MR) is 140 cm³/mol. The first-order chi connectivity index (χ1) is 15.5. The minimum atomic E-state index is -0.738. The van der Waals surface area contributed by atoms with Crippen LogP contribution in [0.4, 0.5) is 10.1 Å². The molecule has 0 bridgehead atoms. The SMILES string of the molecule is CCCCNC(=O)c1cc2c(cc1F)SC[C@H](N)C(=O)N2Cc1ccc2ccccc2n1.Cl.Cl. The number of hydrogen-bond donors (Lipinski definition) is 2. The van der Waals surface area contributed by atoms with Gasteiger partial charge in [0.25, 0.3) is 5.91 Å². The number of thioether (sulfide) groups is 1. The summed E-state index contributed by atoms with van der Waals surface area (Å²) in [5.41, 5.74) is 8.00. The van der Waals surface area contributed by atoms with Gasteiger partial charge in [-0.25, -0.2) is 4.39 Å². The van der Waals surface area contributed by atoms with Crippen molar-refractivity contribution in [1.82, 2.24) is 10.3 Å². The Bertz CT molecular complexity index is 1180. The number of nitrogens with zero attached hydrogens (tertiary/aromatic N) is 2. The van der Waals surface area contributed by atoms with Gasteiger partial charge in [-0.3, -0.25) is 14.6 Å². The Morgan fingerprint density at radius 3 is 2.76 bits per heavy atom. The van der Waals surface area contributed by atoms with Gasteiger partial charge in [0.2, 0.25) is 5.91 Å². The van der Waals surface area contributed by atoms with Gasteiger partial charge in [0, 0.05) is 22.6 Å². The van der Waals surface area contributed by atoms with Crippen LogP contribution in [0.3, 0.4) is 0 Å². The molecule has 1 aliphatic heterocycles. The third-order valence-electron chi connectivity index (χ3n) is 5.38. The number of fused-ring (bicyclic) bond motifs is 2. The summed E-state index contributed by atoms with van der Waals surface area (Å²) in [4.78, 5) is 32.4. The number of anilines is 1. The van der Waals surface area contributed by atoms with Crippen molar-refractivity contribution in [3.63, 3.8) is 0 Å². The Labute approximate surface area is 214 Å². The molecule has 0 aliphatic carbocycles. The highest BCUT2D eigenvalue weighted by Crippen LogP contribution is 2.37. The maximum atomic E-state index is 14.8. The summed E-state index contributed by atoms with van der Waals surface area (Å²) in [6.07, 6.45) is 1.73. The number of carbonyl (C=O) groups is 2. The third-order valence-corrected chi connectivity index (χ3v) is 6.54. The number of benzene rings is 2. The predicted octanol–water partition coefficient (Wildman–Crippen LogP) is 4.71. The van der Waals surface area contributed by atoms with E-state index in [2.05, 4.69) is 10.3 Å². The lowest BCUT2D eigenvalue weighted by atomic mass is 10.1. The quantitative estimate of drug-likeness (QED) is 0.455. The number of para-hydroxylation sites is 1. The molecule has 3 N–H and O–H groups in total. The Balaban J connectivity index is 0.00000204.